The van der Waals surface area contributed by atoms with Gasteiger partial charge in [0.05, 0.1) is 0 Å². The first-order valence-corrected chi connectivity index (χ1v) is 34.3. The zero-order valence-corrected chi connectivity index (χ0v) is 53.9. The smallest absolute Gasteiger partial charge is 0.306 e. The Hall–Kier alpha value is -4.71. The number of esters is 3. The molecule has 470 valence electrons. The zero-order chi connectivity index (χ0) is 59.9. The Bertz CT molecular complexity index is 1800. The highest BCUT2D eigenvalue weighted by Gasteiger charge is 2.19. The van der Waals surface area contributed by atoms with E-state index in [1.807, 2.05) is 0 Å². The summed E-state index contributed by atoms with van der Waals surface area (Å²) in [5.74, 6) is -0.927. The topological polar surface area (TPSA) is 78.9 Å². The SMILES string of the molecule is CC/C=C\C/C=C\C/C=C\C/C=C\C/C=C\C/C=C\C/C=C\CCCCCCCC(=O)OCC(COC(=O)CCCCCCCCCCCCCCCCCCC)OC(=O)CCCCCCC/C=C\C/C=C\C/C=C\C/C=C\C/C=C\CC. The number of carbonyl (C=O) groups excluding carboxylic acids is 3. The maximum Gasteiger partial charge on any atom is 0.306 e. The second-order valence-electron chi connectivity index (χ2n) is 22.3. The molecule has 0 amide bonds. The van der Waals surface area contributed by atoms with E-state index in [4.69, 9.17) is 14.2 Å². The van der Waals surface area contributed by atoms with Crippen LogP contribution in [0.1, 0.15) is 303 Å². The number of allylic oxidation sites excluding steroid dienone is 24. The van der Waals surface area contributed by atoms with E-state index in [0.717, 1.165) is 173 Å². The Morgan fingerprint density at radius 3 is 0.735 bits per heavy atom. The van der Waals surface area contributed by atoms with Crippen molar-refractivity contribution in [1.82, 2.24) is 0 Å². The summed E-state index contributed by atoms with van der Waals surface area (Å²) in [6.45, 7) is 6.40. The van der Waals surface area contributed by atoms with Gasteiger partial charge in [-0.1, -0.05) is 308 Å². The summed E-state index contributed by atoms with van der Waals surface area (Å²) in [7, 11) is 0. The fourth-order valence-corrected chi connectivity index (χ4v) is 9.27. The minimum Gasteiger partial charge on any atom is -0.462 e. The fraction of sp³-hybridized carbons (Fsp3) is 0.649. The van der Waals surface area contributed by atoms with Crippen LogP contribution in [0, 0.1) is 0 Å². The summed E-state index contributed by atoms with van der Waals surface area (Å²) in [4.78, 5) is 38.5. The number of hydrogen-bond acceptors (Lipinski definition) is 6. The minimum absolute atomic E-state index is 0.0948. The van der Waals surface area contributed by atoms with Gasteiger partial charge in [0.1, 0.15) is 13.2 Å². The first-order chi connectivity index (χ1) is 41.0. The van der Waals surface area contributed by atoms with Crippen LogP contribution in [0.4, 0.5) is 0 Å². The maximum absolute atomic E-state index is 13.0. The quantitative estimate of drug-likeness (QED) is 0.0261. The highest BCUT2D eigenvalue weighted by Crippen LogP contribution is 2.16. The Kier molecular flexibility index (Phi) is 65.8. The summed E-state index contributed by atoms with van der Waals surface area (Å²) in [5.41, 5.74) is 0. The number of unbranched alkanes of at least 4 members (excludes halogenated alkanes) is 26. The molecule has 0 rings (SSSR count). The molecule has 1 atom stereocenters. The molecule has 0 aromatic rings. The van der Waals surface area contributed by atoms with Crippen molar-refractivity contribution in [3.05, 3.63) is 146 Å². The van der Waals surface area contributed by atoms with Crippen LogP contribution in [0.3, 0.4) is 0 Å². The molecular formula is C77H126O6. The average molecular weight is 1150 g/mol. The van der Waals surface area contributed by atoms with Gasteiger partial charge in [0.15, 0.2) is 6.10 Å². The van der Waals surface area contributed by atoms with E-state index in [9.17, 15) is 14.4 Å². The standard InChI is InChI=1S/C77H126O6/c1-4-7-10-13-16-19-22-25-28-31-33-35-36-37-38-39-40-42-43-46-49-52-55-58-61-64-67-70-76(79)82-73-74(72-81-75(78)69-66-63-60-57-54-51-48-45-30-27-24-21-18-15-12-9-6-3)83-77(80)71-68-65-62-59-56-53-50-47-44-41-34-32-29-26-23-20-17-14-11-8-5-2/h7-8,10-11,16-17,19-20,25-26,28-29,33-35,37-38,40-42,46-47,49-50,74H,4-6,9,12-15,18,21-24,27,30-32,36,39,43-45,48,51-73H2,1-3H3/b10-7-,11-8-,19-16-,20-17-,28-25-,29-26-,35-33-,38-37-,41-34-,42-40-,49-46-,50-47-. The predicted octanol–water partition coefficient (Wildman–Crippen LogP) is 23.9. The second-order valence-corrected chi connectivity index (χ2v) is 22.3. The van der Waals surface area contributed by atoms with Crippen LogP contribution in [-0.4, -0.2) is 37.2 Å². The van der Waals surface area contributed by atoms with Gasteiger partial charge in [-0.3, -0.25) is 14.4 Å². The Morgan fingerprint density at radius 1 is 0.253 bits per heavy atom. The molecule has 0 aliphatic rings. The molecule has 0 aromatic heterocycles. The third kappa shape index (κ3) is 68.0. The largest absolute Gasteiger partial charge is 0.462 e. The molecule has 0 saturated carbocycles. The predicted molar refractivity (Wildman–Crippen MR) is 362 cm³/mol. The van der Waals surface area contributed by atoms with Crippen molar-refractivity contribution in [1.29, 1.82) is 0 Å². The van der Waals surface area contributed by atoms with E-state index in [0.29, 0.717) is 19.3 Å². The molecule has 0 spiro atoms. The summed E-state index contributed by atoms with van der Waals surface area (Å²) in [6, 6.07) is 0. The van der Waals surface area contributed by atoms with Crippen LogP contribution in [0.25, 0.3) is 0 Å². The van der Waals surface area contributed by atoms with E-state index >= 15 is 0 Å². The van der Waals surface area contributed by atoms with Crippen molar-refractivity contribution < 1.29 is 28.6 Å². The molecule has 0 aliphatic heterocycles. The van der Waals surface area contributed by atoms with Crippen LogP contribution in [0.2, 0.25) is 0 Å². The Balaban J connectivity index is 4.47. The van der Waals surface area contributed by atoms with Crippen LogP contribution in [0.5, 0.6) is 0 Å². The van der Waals surface area contributed by atoms with Gasteiger partial charge < -0.3 is 14.2 Å². The van der Waals surface area contributed by atoms with E-state index in [1.54, 1.807) is 0 Å². The summed E-state index contributed by atoms with van der Waals surface area (Å²) in [6.07, 6.45) is 99.9. The second kappa shape index (κ2) is 69.8. The van der Waals surface area contributed by atoms with Crippen LogP contribution >= 0.6 is 0 Å². The monoisotopic (exact) mass is 1150 g/mol. The molecule has 0 aromatic carbocycles. The minimum atomic E-state index is -0.804. The lowest BCUT2D eigenvalue weighted by Crippen LogP contribution is -2.30. The number of hydrogen-bond donors (Lipinski definition) is 0. The van der Waals surface area contributed by atoms with Gasteiger partial charge in [-0.15, -0.1) is 0 Å². The van der Waals surface area contributed by atoms with Crippen molar-refractivity contribution >= 4 is 17.9 Å². The lowest BCUT2D eigenvalue weighted by atomic mass is 10.0. The van der Waals surface area contributed by atoms with Crippen molar-refractivity contribution in [2.75, 3.05) is 13.2 Å². The molecule has 83 heavy (non-hydrogen) atoms. The number of rotatable bonds is 61. The van der Waals surface area contributed by atoms with Crippen molar-refractivity contribution in [3.8, 4) is 0 Å². The Morgan fingerprint density at radius 2 is 0.470 bits per heavy atom. The van der Waals surface area contributed by atoms with Gasteiger partial charge in [0.25, 0.3) is 0 Å². The lowest BCUT2D eigenvalue weighted by Gasteiger charge is -2.18. The third-order valence-corrected chi connectivity index (χ3v) is 14.3. The van der Waals surface area contributed by atoms with E-state index in [1.165, 1.54) is 89.9 Å². The van der Waals surface area contributed by atoms with Gasteiger partial charge in [-0.2, -0.15) is 0 Å². The van der Waals surface area contributed by atoms with Crippen LogP contribution < -0.4 is 0 Å². The van der Waals surface area contributed by atoms with E-state index < -0.39 is 6.10 Å². The molecule has 6 heteroatoms. The van der Waals surface area contributed by atoms with Gasteiger partial charge in [-0.05, 0) is 122 Å². The number of ether oxygens (including phenoxy) is 3. The van der Waals surface area contributed by atoms with Gasteiger partial charge in [-0.25, -0.2) is 0 Å². The summed E-state index contributed by atoms with van der Waals surface area (Å²) >= 11 is 0. The van der Waals surface area contributed by atoms with Gasteiger partial charge in [0, 0.05) is 19.3 Å². The van der Waals surface area contributed by atoms with Gasteiger partial charge >= 0.3 is 17.9 Å². The molecule has 0 bridgehead atoms. The highest BCUT2D eigenvalue weighted by molar-refractivity contribution is 5.71. The van der Waals surface area contributed by atoms with E-state index in [2.05, 4.69) is 167 Å². The lowest BCUT2D eigenvalue weighted by molar-refractivity contribution is -0.167. The first kappa shape index (κ1) is 78.3. The molecule has 6 nitrogen and oxygen atoms in total. The fourth-order valence-electron chi connectivity index (χ4n) is 9.27. The van der Waals surface area contributed by atoms with Crippen molar-refractivity contribution in [2.24, 2.45) is 0 Å². The van der Waals surface area contributed by atoms with Crippen molar-refractivity contribution in [2.45, 2.75) is 309 Å². The molecule has 0 fully saturated rings. The summed E-state index contributed by atoms with van der Waals surface area (Å²) < 4.78 is 17.0. The molecule has 1 unspecified atom stereocenters. The summed E-state index contributed by atoms with van der Waals surface area (Å²) in [5, 5.41) is 0. The average Bonchev–Trinajstić information content (AvgIpc) is 3.49. The molecule has 0 saturated heterocycles. The third-order valence-electron chi connectivity index (χ3n) is 14.3. The molecule has 0 heterocycles. The van der Waals surface area contributed by atoms with Crippen molar-refractivity contribution in [3.63, 3.8) is 0 Å². The maximum atomic E-state index is 13.0. The van der Waals surface area contributed by atoms with Crippen LogP contribution in [-0.2, 0) is 28.6 Å². The molecule has 0 aliphatic carbocycles. The normalized spacial score (nSPS) is 13.0. The molecule has 0 radical (unpaired) electrons. The highest BCUT2D eigenvalue weighted by atomic mass is 16.6. The zero-order valence-electron chi connectivity index (χ0n) is 53.9. The first-order valence-electron chi connectivity index (χ1n) is 34.3. The Labute approximate surface area is 512 Å². The number of carbonyl (C=O) groups is 3. The van der Waals surface area contributed by atoms with Crippen LogP contribution in [0.15, 0.2) is 146 Å². The van der Waals surface area contributed by atoms with E-state index in [-0.39, 0.29) is 31.1 Å². The molecule has 0 N–H and O–H groups in total. The molecular weight excluding hydrogens is 1020 g/mol. The van der Waals surface area contributed by atoms with Gasteiger partial charge in [0.2, 0.25) is 0 Å².